The van der Waals surface area contributed by atoms with Crippen molar-refractivity contribution in [1.82, 2.24) is 9.97 Å². The normalized spacial score (nSPS) is 15.9. The second-order valence-corrected chi connectivity index (χ2v) is 5.33. The zero-order chi connectivity index (χ0) is 15.7. The molecule has 1 aliphatic heterocycles. The molecule has 1 saturated heterocycles. The maximum absolute atomic E-state index is 11.0. The Morgan fingerprint density at radius 1 is 1.14 bits per heavy atom. The molecule has 1 fully saturated rings. The van der Waals surface area contributed by atoms with Crippen molar-refractivity contribution in [3.63, 3.8) is 0 Å². The van der Waals surface area contributed by atoms with Crippen molar-refractivity contribution >= 4 is 28.7 Å². The van der Waals surface area contributed by atoms with Crippen LogP contribution in [0.5, 0.6) is 0 Å². The molecule has 114 valence electrons. The maximum Gasteiger partial charge on any atom is 0.335 e. The third kappa shape index (κ3) is 2.57. The lowest BCUT2D eigenvalue weighted by Gasteiger charge is -2.31. The molecule has 0 spiro atoms. The highest BCUT2D eigenvalue weighted by Crippen LogP contribution is 2.28. The second-order valence-electron chi connectivity index (χ2n) is 5.33. The minimum atomic E-state index is -0.996. The molecule has 3 rings (SSSR count). The van der Waals surface area contributed by atoms with E-state index in [-0.39, 0.29) is 11.5 Å². The van der Waals surface area contributed by atoms with Crippen molar-refractivity contribution in [3.8, 4) is 0 Å². The van der Waals surface area contributed by atoms with Gasteiger partial charge in [0.15, 0.2) is 0 Å². The molecule has 0 saturated carbocycles. The first kappa shape index (κ1) is 14.2. The molecule has 2 aromatic rings. The standard InChI is InChI=1S/C15H15N3O4/c19-14(20)9-3-5-18(6-4-9)13-11-2-1-10(15(21)22)7-12(11)16-8-17-13/h1-2,7-9H,3-6H2,(H,19,20)(H,21,22). The first-order valence-corrected chi connectivity index (χ1v) is 7.02. The van der Waals surface area contributed by atoms with Gasteiger partial charge in [0, 0.05) is 18.5 Å². The molecular weight excluding hydrogens is 286 g/mol. The Labute approximate surface area is 126 Å². The number of aliphatic carboxylic acids is 1. The number of aromatic carboxylic acids is 1. The first-order chi connectivity index (χ1) is 10.6. The Kier molecular flexibility index (Phi) is 3.62. The van der Waals surface area contributed by atoms with Crippen LogP contribution in [0.4, 0.5) is 5.82 Å². The number of piperidine rings is 1. The zero-order valence-corrected chi connectivity index (χ0v) is 11.8. The van der Waals surface area contributed by atoms with E-state index >= 15 is 0 Å². The lowest BCUT2D eigenvalue weighted by Crippen LogP contribution is -2.36. The monoisotopic (exact) mass is 301 g/mol. The number of anilines is 1. The van der Waals surface area contributed by atoms with Gasteiger partial charge in [-0.3, -0.25) is 4.79 Å². The molecule has 0 bridgehead atoms. The Balaban J connectivity index is 1.91. The Hall–Kier alpha value is -2.70. The summed E-state index contributed by atoms with van der Waals surface area (Å²) < 4.78 is 0. The molecular formula is C15H15N3O4. The number of fused-ring (bicyclic) bond motifs is 1. The van der Waals surface area contributed by atoms with Crippen LogP contribution in [-0.4, -0.2) is 45.2 Å². The van der Waals surface area contributed by atoms with E-state index in [1.54, 1.807) is 6.07 Å². The van der Waals surface area contributed by atoms with Crippen molar-refractivity contribution in [2.45, 2.75) is 12.8 Å². The summed E-state index contributed by atoms with van der Waals surface area (Å²) in [4.78, 5) is 32.5. The average molecular weight is 301 g/mol. The minimum Gasteiger partial charge on any atom is -0.481 e. The quantitative estimate of drug-likeness (QED) is 0.887. The van der Waals surface area contributed by atoms with Crippen LogP contribution >= 0.6 is 0 Å². The number of carboxylic acid groups (broad SMARTS) is 2. The van der Waals surface area contributed by atoms with Crippen LogP contribution in [0.15, 0.2) is 24.5 Å². The largest absolute Gasteiger partial charge is 0.481 e. The Morgan fingerprint density at radius 3 is 2.50 bits per heavy atom. The maximum atomic E-state index is 11.0. The molecule has 0 radical (unpaired) electrons. The minimum absolute atomic E-state index is 0.182. The van der Waals surface area contributed by atoms with Crippen molar-refractivity contribution in [2.24, 2.45) is 5.92 Å². The summed E-state index contributed by atoms with van der Waals surface area (Å²) in [5, 5.41) is 18.9. The highest BCUT2D eigenvalue weighted by molar-refractivity contribution is 5.96. The lowest BCUT2D eigenvalue weighted by molar-refractivity contribution is -0.142. The third-order valence-corrected chi connectivity index (χ3v) is 4.01. The van der Waals surface area contributed by atoms with Gasteiger partial charge in [-0.15, -0.1) is 0 Å². The highest BCUT2D eigenvalue weighted by atomic mass is 16.4. The van der Waals surface area contributed by atoms with Gasteiger partial charge in [0.1, 0.15) is 12.1 Å². The number of nitrogens with zero attached hydrogens (tertiary/aromatic N) is 3. The molecule has 0 amide bonds. The summed E-state index contributed by atoms with van der Waals surface area (Å²) in [6.45, 7) is 1.23. The summed E-state index contributed by atoms with van der Waals surface area (Å²) in [6.07, 6.45) is 2.56. The van der Waals surface area contributed by atoms with E-state index in [0.29, 0.717) is 31.4 Å². The molecule has 2 heterocycles. The van der Waals surface area contributed by atoms with Crippen molar-refractivity contribution in [2.75, 3.05) is 18.0 Å². The van der Waals surface area contributed by atoms with Crippen molar-refractivity contribution in [1.29, 1.82) is 0 Å². The Morgan fingerprint density at radius 2 is 1.86 bits per heavy atom. The lowest BCUT2D eigenvalue weighted by atomic mass is 9.97. The fraction of sp³-hybridized carbons (Fsp3) is 0.333. The van der Waals surface area contributed by atoms with E-state index < -0.39 is 11.9 Å². The van der Waals surface area contributed by atoms with Gasteiger partial charge in [-0.05, 0) is 31.0 Å². The molecule has 1 aromatic heterocycles. The van der Waals surface area contributed by atoms with Gasteiger partial charge in [-0.2, -0.15) is 0 Å². The highest BCUT2D eigenvalue weighted by Gasteiger charge is 2.26. The van der Waals surface area contributed by atoms with E-state index in [1.165, 1.54) is 18.5 Å². The van der Waals surface area contributed by atoms with Crippen LogP contribution < -0.4 is 4.90 Å². The number of carboxylic acids is 2. The third-order valence-electron chi connectivity index (χ3n) is 4.01. The molecule has 0 unspecified atom stereocenters. The average Bonchev–Trinajstić information content (AvgIpc) is 2.53. The first-order valence-electron chi connectivity index (χ1n) is 7.02. The molecule has 1 aliphatic rings. The number of hydrogen-bond donors (Lipinski definition) is 2. The predicted molar refractivity (Wildman–Crippen MR) is 79.1 cm³/mol. The number of hydrogen-bond acceptors (Lipinski definition) is 5. The van der Waals surface area contributed by atoms with Crippen LogP contribution in [0.3, 0.4) is 0 Å². The van der Waals surface area contributed by atoms with E-state index in [9.17, 15) is 9.59 Å². The fourth-order valence-electron chi connectivity index (χ4n) is 2.77. The molecule has 2 N–H and O–H groups in total. The van der Waals surface area contributed by atoms with Crippen LogP contribution in [0.25, 0.3) is 10.9 Å². The van der Waals surface area contributed by atoms with Gasteiger partial charge >= 0.3 is 11.9 Å². The summed E-state index contributed by atoms with van der Waals surface area (Å²) in [7, 11) is 0. The SMILES string of the molecule is O=C(O)c1ccc2c(N3CCC(C(=O)O)CC3)ncnc2c1. The number of rotatable bonds is 3. The summed E-state index contributed by atoms with van der Waals surface area (Å²) in [6, 6.07) is 4.76. The molecule has 0 atom stereocenters. The fourth-order valence-corrected chi connectivity index (χ4v) is 2.77. The van der Waals surface area contributed by atoms with Gasteiger partial charge in [0.25, 0.3) is 0 Å². The summed E-state index contributed by atoms with van der Waals surface area (Å²) in [5.41, 5.74) is 0.756. The summed E-state index contributed by atoms with van der Waals surface area (Å²) in [5.74, 6) is -1.32. The Bertz CT molecular complexity index is 739. The van der Waals surface area contributed by atoms with Gasteiger partial charge < -0.3 is 15.1 Å². The van der Waals surface area contributed by atoms with Gasteiger partial charge in [0.2, 0.25) is 0 Å². The molecule has 0 aliphatic carbocycles. The zero-order valence-electron chi connectivity index (χ0n) is 11.8. The molecule has 22 heavy (non-hydrogen) atoms. The molecule has 7 heteroatoms. The van der Waals surface area contributed by atoms with Crippen LogP contribution in [0.2, 0.25) is 0 Å². The van der Waals surface area contributed by atoms with Crippen molar-refractivity contribution < 1.29 is 19.8 Å². The second kappa shape index (κ2) is 5.59. The van der Waals surface area contributed by atoms with Crippen LogP contribution in [-0.2, 0) is 4.79 Å². The van der Waals surface area contributed by atoms with E-state index in [0.717, 1.165) is 11.2 Å². The van der Waals surface area contributed by atoms with Gasteiger partial charge in [-0.1, -0.05) is 0 Å². The molecule has 7 nitrogen and oxygen atoms in total. The van der Waals surface area contributed by atoms with E-state index in [1.807, 2.05) is 4.90 Å². The molecule has 1 aromatic carbocycles. The number of benzene rings is 1. The topological polar surface area (TPSA) is 104 Å². The van der Waals surface area contributed by atoms with Crippen LogP contribution in [0, 0.1) is 5.92 Å². The smallest absolute Gasteiger partial charge is 0.335 e. The predicted octanol–water partition coefficient (Wildman–Crippen LogP) is 1.63. The van der Waals surface area contributed by atoms with E-state index in [2.05, 4.69) is 9.97 Å². The van der Waals surface area contributed by atoms with Gasteiger partial charge in [-0.25, -0.2) is 14.8 Å². The summed E-state index contributed by atoms with van der Waals surface area (Å²) >= 11 is 0. The van der Waals surface area contributed by atoms with Crippen molar-refractivity contribution in [3.05, 3.63) is 30.1 Å². The number of carbonyl (C=O) groups is 2. The number of aromatic nitrogens is 2. The van der Waals surface area contributed by atoms with Gasteiger partial charge in [0.05, 0.1) is 17.0 Å². The van der Waals surface area contributed by atoms with Crippen LogP contribution in [0.1, 0.15) is 23.2 Å². The van der Waals surface area contributed by atoms with E-state index in [4.69, 9.17) is 10.2 Å².